The van der Waals surface area contributed by atoms with Gasteiger partial charge in [0.05, 0.1) is 5.25 Å². The molecule has 2 heterocycles. The minimum atomic E-state index is -4.01. The Bertz CT molecular complexity index is 1150. The lowest BCUT2D eigenvalue weighted by Crippen LogP contribution is -2.59. The van der Waals surface area contributed by atoms with E-state index in [2.05, 4.69) is 15.4 Å². The van der Waals surface area contributed by atoms with Gasteiger partial charge in [-0.1, -0.05) is 52.7 Å². The van der Waals surface area contributed by atoms with Crippen molar-refractivity contribution in [2.24, 2.45) is 17.8 Å². The predicted molar refractivity (Wildman–Crippen MR) is 160 cm³/mol. The summed E-state index contributed by atoms with van der Waals surface area (Å²) in [6, 6.07) is -1.69. The molecule has 1 saturated carbocycles. The number of allylic oxidation sites excluding steroid dienone is 1. The second-order valence-electron chi connectivity index (χ2n) is 13.7. The third kappa shape index (κ3) is 8.26. The van der Waals surface area contributed by atoms with Gasteiger partial charge in [-0.3, -0.25) is 19.1 Å². The maximum Gasteiger partial charge on any atom is 0.408 e. The summed E-state index contributed by atoms with van der Waals surface area (Å²) >= 11 is 0. The Morgan fingerprint density at radius 2 is 1.71 bits per heavy atom. The summed E-state index contributed by atoms with van der Waals surface area (Å²) in [6.07, 6.45) is 7.93. The largest absolute Gasteiger partial charge is 0.444 e. The topological polar surface area (TPSA) is 151 Å². The van der Waals surface area contributed by atoms with Crippen molar-refractivity contribution in [2.45, 2.75) is 128 Å². The first kappa shape index (κ1) is 33.9. The van der Waals surface area contributed by atoms with E-state index in [0.717, 1.165) is 19.3 Å². The number of alkyl carbamates (subject to hydrolysis) is 1. The number of ether oxygens (including phenoxy) is 1. The van der Waals surface area contributed by atoms with E-state index in [0.29, 0.717) is 32.2 Å². The molecule has 0 aromatic heterocycles. The minimum absolute atomic E-state index is 0.217. The Hall–Kier alpha value is -2.63. The third-order valence-electron chi connectivity index (χ3n) is 8.23. The van der Waals surface area contributed by atoms with Gasteiger partial charge in [0.1, 0.15) is 23.2 Å². The molecule has 11 nitrogen and oxygen atoms in total. The molecule has 3 N–H and O–H groups in total. The molecule has 0 radical (unpaired) electrons. The van der Waals surface area contributed by atoms with Gasteiger partial charge in [-0.2, -0.15) is 0 Å². The van der Waals surface area contributed by atoms with E-state index in [1.165, 1.54) is 4.90 Å². The molecule has 12 heteroatoms. The second kappa shape index (κ2) is 13.3. The SMILES string of the molecule is CC(C)C(C(C)C)S(=O)(=O)NC(=O)[C@@]12C[C@H]1/C=C\CCCCC[C@H](NC(=O)OC(C)(C)C)C(=O)N1CCC[C@H]1C(=O)N2. The van der Waals surface area contributed by atoms with E-state index in [1.54, 1.807) is 48.5 Å². The van der Waals surface area contributed by atoms with Crippen LogP contribution in [0.1, 0.15) is 99.8 Å². The van der Waals surface area contributed by atoms with Crippen molar-refractivity contribution >= 4 is 33.8 Å². The van der Waals surface area contributed by atoms with Crippen LogP contribution >= 0.6 is 0 Å². The average molecular weight is 611 g/mol. The first-order valence-electron chi connectivity index (χ1n) is 15.3. The number of carbonyl (C=O) groups excluding carboxylic acids is 4. The molecule has 2 aliphatic heterocycles. The van der Waals surface area contributed by atoms with Crippen LogP contribution in [0.5, 0.6) is 0 Å². The lowest BCUT2D eigenvalue weighted by Gasteiger charge is -2.31. The zero-order valence-corrected chi connectivity index (χ0v) is 27.0. The fraction of sp³-hybridized carbons (Fsp3) is 0.800. The summed E-state index contributed by atoms with van der Waals surface area (Å²) in [7, 11) is -4.01. The van der Waals surface area contributed by atoms with E-state index in [4.69, 9.17) is 4.74 Å². The lowest BCUT2D eigenvalue weighted by molar-refractivity contribution is -0.141. The number of amides is 4. The third-order valence-corrected chi connectivity index (χ3v) is 10.5. The van der Waals surface area contributed by atoms with Crippen LogP contribution in [0.2, 0.25) is 0 Å². The van der Waals surface area contributed by atoms with Gasteiger partial charge in [0.2, 0.25) is 21.8 Å². The standard InChI is InChI=1S/C30H50N4O7S/c1-19(2)24(20(3)4)42(39,40)33-27(37)30-18-21(30)14-11-9-8-10-12-15-22(31-28(38)41-29(5,6)7)26(36)34-17-13-16-23(34)25(35)32-30/h11,14,19-24H,8-10,12-13,15-18H2,1-7H3,(H,31,38)(H,32,35)(H,33,37)/b14-11-/t21-,22+,23+,30-/m1/s1. The van der Waals surface area contributed by atoms with Gasteiger partial charge >= 0.3 is 6.09 Å². The van der Waals surface area contributed by atoms with Crippen molar-refractivity contribution in [3.63, 3.8) is 0 Å². The van der Waals surface area contributed by atoms with Crippen LogP contribution in [0, 0.1) is 17.8 Å². The van der Waals surface area contributed by atoms with Crippen molar-refractivity contribution in [1.82, 2.24) is 20.3 Å². The van der Waals surface area contributed by atoms with E-state index >= 15 is 0 Å². The van der Waals surface area contributed by atoms with E-state index < -0.39 is 56.4 Å². The summed E-state index contributed by atoms with van der Waals surface area (Å²) < 4.78 is 34.3. The zero-order chi connectivity index (χ0) is 31.5. The van der Waals surface area contributed by atoms with Gasteiger partial charge in [-0.15, -0.1) is 0 Å². The van der Waals surface area contributed by atoms with E-state index in [-0.39, 0.29) is 30.1 Å². The van der Waals surface area contributed by atoms with Crippen LogP contribution in [0.15, 0.2) is 12.2 Å². The van der Waals surface area contributed by atoms with Crippen molar-refractivity contribution in [3.05, 3.63) is 12.2 Å². The number of hydrogen-bond donors (Lipinski definition) is 3. The molecular formula is C30H50N4O7S. The molecule has 238 valence electrons. The van der Waals surface area contributed by atoms with Gasteiger partial charge < -0.3 is 20.3 Å². The monoisotopic (exact) mass is 610 g/mol. The fourth-order valence-electron chi connectivity index (χ4n) is 6.32. The Kier molecular flexibility index (Phi) is 10.8. The molecule has 0 spiro atoms. The molecule has 0 aromatic carbocycles. The molecule has 2 fully saturated rings. The van der Waals surface area contributed by atoms with Crippen molar-refractivity contribution < 1.29 is 32.3 Å². The van der Waals surface area contributed by atoms with E-state index in [1.807, 2.05) is 12.2 Å². The number of sulfonamides is 1. The Balaban J connectivity index is 1.86. The first-order valence-corrected chi connectivity index (χ1v) is 16.9. The van der Waals surface area contributed by atoms with Crippen LogP contribution in [0.4, 0.5) is 4.79 Å². The number of carbonyl (C=O) groups is 4. The first-order chi connectivity index (χ1) is 19.5. The Morgan fingerprint density at radius 1 is 1.05 bits per heavy atom. The number of rotatable bonds is 6. The normalized spacial score (nSPS) is 28.3. The smallest absolute Gasteiger partial charge is 0.408 e. The van der Waals surface area contributed by atoms with Gasteiger partial charge in [0, 0.05) is 12.5 Å². The molecule has 1 saturated heterocycles. The molecule has 0 unspecified atom stereocenters. The zero-order valence-electron chi connectivity index (χ0n) is 26.2. The molecule has 1 aliphatic carbocycles. The van der Waals surface area contributed by atoms with Gasteiger partial charge in [0.25, 0.3) is 5.91 Å². The van der Waals surface area contributed by atoms with Crippen LogP contribution in [0.3, 0.4) is 0 Å². The molecule has 3 aliphatic rings. The molecule has 4 atom stereocenters. The fourth-order valence-corrected chi connectivity index (χ4v) is 8.33. The summed E-state index contributed by atoms with van der Waals surface area (Å²) in [4.78, 5) is 55.1. The highest BCUT2D eigenvalue weighted by molar-refractivity contribution is 7.90. The summed E-state index contributed by atoms with van der Waals surface area (Å²) in [6.45, 7) is 12.8. The summed E-state index contributed by atoms with van der Waals surface area (Å²) in [5, 5.41) is 4.80. The van der Waals surface area contributed by atoms with Gasteiger partial charge in [-0.05, 0) is 71.1 Å². The van der Waals surface area contributed by atoms with Crippen LogP contribution < -0.4 is 15.4 Å². The highest BCUT2D eigenvalue weighted by Crippen LogP contribution is 2.46. The lowest BCUT2D eigenvalue weighted by atomic mass is 10.0. The number of nitrogens with zero attached hydrogens (tertiary/aromatic N) is 1. The highest BCUT2D eigenvalue weighted by atomic mass is 32.2. The molecule has 3 rings (SSSR count). The minimum Gasteiger partial charge on any atom is -0.444 e. The molecule has 0 bridgehead atoms. The summed E-state index contributed by atoms with van der Waals surface area (Å²) in [5.74, 6) is -2.40. The maximum atomic E-state index is 13.7. The van der Waals surface area contributed by atoms with Crippen LogP contribution in [0.25, 0.3) is 0 Å². The van der Waals surface area contributed by atoms with Crippen molar-refractivity contribution in [2.75, 3.05) is 6.54 Å². The van der Waals surface area contributed by atoms with Crippen LogP contribution in [-0.2, 0) is 29.1 Å². The molecular weight excluding hydrogens is 560 g/mol. The maximum absolute atomic E-state index is 13.7. The Labute approximate surface area is 251 Å². The quantitative estimate of drug-likeness (QED) is 0.390. The Morgan fingerprint density at radius 3 is 2.33 bits per heavy atom. The number of fused-ring (bicyclic) bond motifs is 2. The highest BCUT2D eigenvalue weighted by Gasteiger charge is 2.61. The van der Waals surface area contributed by atoms with Crippen molar-refractivity contribution in [3.8, 4) is 0 Å². The van der Waals surface area contributed by atoms with Crippen LogP contribution in [-0.4, -0.2) is 72.2 Å². The number of nitrogens with one attached hydrogen (secondary N) is 3. The molecule has 0 aromatic rings. The predicted octanol–water partition coefficient (Wildman–Crippen LogP) is 3.39. The average Bonchev–Trinajstić information content (AvgIpc) is 3.30. The van der Waals surface area contributed by atoms with Gasteiger partial charge in [0.15, 0.2) is 0 Å². The van der Waals surface area contributed by atoms with Crippen molar-refractivity contribution in [1.29, 1.82) is 0 Å². The second-order valence-corrected chi connectivity index (χ2v) is 15.5. The van der Waals surface area contributed by atoms with E-state index in [9.17, 15) is 27.6 Å². The molecule has 42 heavy (non-hydrogen) atoms. The number of hydrogen-bond acceptors (Lipinski definition) is 7. The van der Waals surface area contributed by atoms with Gasteiger partial charge in [-0.25, -0.2) is 13.2 Å². The molecule has 4 amide bonds. The summed E-state index contributed by atoms with van der Waals surface area (Å²) in [5.41, 5.74) is -2.15.